The van der Waals surface area contributed by atoms with Crippen molar-refractivity contribution in [3.63, 3.8) is 0 Å². The quantitative estimate of drug-likeness (QED) is 0.850. The van der Waals surface area contributed by atoms with Gasteiger partial charge in [0.2, 0.25) is 5.91 Å². The largest absolute Gasteiger partial charge is 0.341 e. The third-order valence-electron chi connectivity index (χ3n) is 4.11. The molecule has 1 saturated carbocycles. The van der Waals surface area contributed by atoms with Crippen LogP contribution in [0.15, 0.2) is 12.3 Å². The molecular formula is C14H22N4O. The highest BCUT2D eigenvalue weighted by Gasteiger charge is 2.33. The molecular weight excluding hydrogens is 240 g/mol. The third kappa shape index (κ3) is 2.97. The van der Waals surface area contributed by atoms with E-state index in [2.05, 4.69) is 10.4 Å². The second kappa shape index (κ2) is 5.33. The summed E-state index contributed by atoms with van der Waals surface area (Å²) in [6, 6.07) is 2.69. The summed E-state index contributed by atoms with van der Waals surface area (Å²) in [4.78, 5) is 14.4. The Morgan fingerprint density at radius 2 is 2.26 bits per heavy atom. The molecule has 2 aliphatic rings. The molecule has 1 aliphatic carbocycles. The predicted molar refractivity (Wildman–Crippen MR) is 72.7 cm³/mol. The van der Waals surface area contributed by atoms with Crippen molar-refractivity contribution in [1.29, 1.82) is 0 Å². The van der Waals surface area contributed by atoms with Crippen LogP contribution in [-0.2, 0) is 18.3 Å². The predicted octanol–water partition coefficient (Wildman–Crippen LogP) is 0.706. The third-order valence-corrected chi connectivity index (χ3v) is 4.11. The van der Waals surface area contributed by atoms with Gasteiger partial charge in [-0.25, -0.2) is 0 Å². The molecule has 2 fully saturated rings. The summed E-state index contributed by atoms with van der Waals surface area (Å²) >= 11 is 0. The number of likely N-dealkylation sites (tertiary alicyclic amines) is 1. The summed E-state index contributed by atoms with van der Waals surface area (Å²) in [5.41, 5.74) is 1.19. The Balaban J connectivity index is 1.54. The van der Waals surface area contributed by atoms with E-state index < -0.39 is 0 Å². The first kappa shape index (κ1) is 12.7. The molecule has 1 unspecified atom stereocenters. The van der Waals surface area contributed by atoms with E-state index in [1.54, 1.807) is 0 Å². The molecule has 1 saturated heterocycles. The van der Waals surface area contributed by atoms with Gasteiger partial charge in [0.15, 0.2) is 0 Å². The molecule has 1 amide bonds. The summed E-state index contributed by atoms with van der Waals surface area (Å²) in [6.07, 6.45) is 7.28. The standard InChI is InChI=1S/C14H22N4O/c1-17-12(6-8-15-17)7-10-18-9-2-3-13(14(18)19)16-11-4-5-11/h6,8,11,13,16H,2-5,7,9-10H2,1H3. The lowest BCUT2D eigenvalue weighted by molar-refractivity contribution is -0.136. The molecule has 0 spiro atoms. The fraction of sp³-hybridized carbons (Fsp3) is 0.714. The van der Waals surface area contributed by atoms with Gasteiger partial charge in [0.25, 0.3) is 0 Å². The lowest BCUT2D eigenvalue weighted by Crippen LogP contribution is -2.51. The first-order valence-corrected chi connectivity index (χ1v) is 7.26. The van der Waals surface area contributed by atoms with Crippen LogP contribution in [0.5, 0.6) is 0 Å². The Labute approximate surface area is 114 Å². The van der Waals surface area contributed by atoms with Crippen molar-refractivity contribution in [3.8, 4) is 0 Å². The number of aryl methyl sites for hydroxylation is 1. The van der Waals surface area contributed by atoms with E-state index in [9.17, 15) is 4.79 Å². The maximum absolute atomic E-state index is 12.4. The summed E-state index contributed by atoms with van der Waals surface area (Å²) in [6.45, 7) is 1.71. The fourth-order valence-corrected chi connectivity index (χ4v) is 2.75. The van der Waals surface area contributed by atoms with E-state index in [1.807, 2.05) is 28.9 Å². The average Bonchev–Trinajstić information content (AvgIpc) is 3.12. The summed E-state index contributed by atoms with van der Waals surface area (Å²) in [7, 11) is 1.95. The number of hydrogen-bond donors (Lipinski definition) is 1. The van der Waals surface area contributed by atoms with E-state index in [0.29, 0.717) is 11.9 Å². The SMILES string of the molecule is Cn1nccc1CCN1CCCC(NC2CC2)C1=O. The van der Waals surface area contributed by atoms with Gasteiger partial charge in [-0.1, -0.05) is 0 Å². The smallest absolute Gasteiger partial charge is 0.239 e. The zero-order valence-corrected chi connectivity index (χ0v) is 11.5. The zero-order valence-electron chi connectivity index (χ0n) is 11.5. The Morgan fingerprint density at radius 1 is 1.42 bits per heavy atom. The molecule has 1 aromatic heterocycles. The average molecular weight is 262 g/mol. The van der Waals surface area contributed by atoms with Gasteiger partial charge >= 0.3 is 0 Å². The van der Waals surface area contributed by atoms with Crippen molar-refractivity contribution < 1.29 is 4.79 Å². The van der Waals surface area contributed by atoms with Gasteiger partial charge in [-0.15, -0.1) is 0 Å². The minimum atomic E-state index is 0.0628. The second-order valence-electron chi connectivity index (χ2n) is 5.66. The Kier molecular flexibility index (Phi) is 3.55. The molecule has 104 valence electrons. The van der Waals surface area contributed by atoms with Gasteiger partial charge in [0.05, 0.1) is 6.04 Å². The molecule has 0 aromatic carbocycles. The highest BCUT2D eigenvalue weighted by Crippen LogP contribution is 2.22. The van der Waals surface area contributed by atoms with Crippen molar-refractivity contribution in [2.45, 2.75) is 44.2 Å². The number of hydrogen-bond acceptors (Lipinski definition) is 3. The molecule has 0 bridgehead atoms. The maximum atomic E-state index is 12.4. The maximum Gasteiger partial charge on any atom is 0.239 e. The topological polar surface area (TPSA) is 50.2 Å². The first-order valence-electron chi connectivity index (χ1n) is 7.26. The van der Waals surface area contributed by atoms with Crippen LogP contribution in [0.4, 0.5) is 0 Å². The summed E-state index contributed by atoms with van der Waals surface area (Å²) in [5, 5.41) is 7.63. The highest BCUT2D eigenvalue weighted by molar-refractivity contribution is 5.82. The van der Waals surface area contributed by atoms with Crippen LogP contribution in [0.25, 0.3) is 0 Å². The minimum absolute atomic E-state index is 0.0628. The zero-order chi connectivity index (χ0) is 13.2. The van der Waals surface area contributed by atoms with E-state index in [1.165, 1.54) is 18.5 Å². The number of nitrogens with one attached hydrogen (secondary N) is 1. The van der Waals surface area contributed by atoms with Gasteiger partial charge in [-0.2, -0.15) is 5.10 Å². The van der Waals surface area contributed by atoms with Gasteiger partial charge in [0, 0.05) is 44.5 Å². The monoisotopic (exact) mass is 262 g/mol. The Morgan fingerprint density at radius 3 is 2.95 bits per heavy atom. The molecule has 1 atom stereocenters. The number of rotatable bonds is 5. The highest BCUT2D eigenvalue weighted by atomic mass is 16.2. The molecule has 0 radical (unpaired) electrons. The molecule has 5 heteroatoms. The molecule has 5 nitrogen and oxygen atoms in total. The van der Waals surface area contributed by atoms with Gasteiger partial charge < -0.3 is 10.2 Å². The van der Waals surface area contributed by atoms with E-state index in [-0.39, 0.29) is 6.04 Å². The molecule has 3 rings (SSSR count). The molecule has 19 heavy (non-hydrogen) atoms. The second-order valence-corrected chi connectivity index (χ2v) is 5.66. The van der Waals surface area contributed by atoms with Crippen molar-refractivity contribution >= 4 is 5.91 Å². The van der Waals surface area contributed by atoms with Gasteiger partial charge in [-0.3, -0.25) is 9.48 Å². The van der Waals surface area contributed by atoms with Crippen LogP contribution < -0.4 is 5.32 Å². The van der Waals surface area contributed by atoms with Crippen LogP contribution in [0.1, 0.15) is 31.4 Å². The van der Waals surface area contributed by atoms with Crippen LogP contribution in [0.3, 0.4) is 0 Å². The lowest BCUT2D eigenvalue weighted by Gasteiger charge is -2.32. The number of nitrogens with zero attached hydrogens (tertiary/aromatic N) is 3. The number of carbonyl (C=O) groups is 1. The number of carbonyl (C=O) groups excluding carboxylic acids is 1. The molecule has 1 N–H and O–H groups in total. The van der Waals surface area contributed by atoms with Crippen molar-refractivity contribution in [3.05, 3.63) is 18.0 Å². The minimum Gasteiger partial charge on any atom is -0.341 e. The summed E-state index contributed by atoms with van der Waals surface area (Å²) in [5.74, 6) is 0.292. The van der Waals surface area contributed by atoms with Crippen LogP contribution in [-0.4, -0.2) is 45.8 Å². The van der Waals surface area contributed by atoms with Gasteiger partial charge in [0.1, 0.15) is 0 Å². The van der Waals surface area contributed by atoms with Crippen molar-refractivity contribution in [1.82, 2.24) is 20.0 Å². The van der Waals surface area contributed by atoms with E-state index in [0.717, 1.165) is 32.4 Å². The van der Waals surface area contributed by atoms with Gasteiger partial charge in [-0.05, 0) is 31.7 Å². The van der Waals surface area contributed by atoms with Crippen LogP contribution >= 0.6 is 0 Å². The molecule has 2 heterocycles. The van der Waals surface area contributed by atoms with Crippen molar-refractivity contribution in [2.75, 3.05) is 13.1 Å². The Bertz CT molecular complexity index is 452. The molecule has 1 aromatic rings. The normalized spacial score (nSPS) is 23.9. The Hall–Kier alpha value is -1.36. The fourth-order valence-electron chi connectivity index (χ4n) is 2.75. The first-order chi connectivity index (χ1) is 9.24. The lowest BCUT2D eigenvalue weighted by atomic mass is 10.0. The van der Waals surface area contributed by atoms with E-state index in [4.69, 9.17) is 0 Å². The number of piperidine rings is 1. The van der Waals surface area contributed by atoms with E-state index >= 15 is 0 Å². The van der Waals surface area contributed by atoms with Crippen LogP contribution in [0.2, 0.25) is 0 Å². The summed E-state index contributed by atoms with van der Waals surface area (Å²) < 4.78 is 1.88. The number of aromatic nitrogens is 2. The molecule has 1 aliphatic heterocycles. The van der Waals surface area contributed by atoms with Crippen molar-refractivity contribution in [2.24, 2.45) is 7.05 Å². The number of amides is 1. The van der Waals surface area contributed by atoms with Crippen LogP contribution in [0, 0.1) is 0 Å².